The molecule has 0 radical (unpaired) electrons. The van der Waals surface area contributed by atoms with Crippen molar-refractivity contribution in [1.82, 2.24) is 0 Å². The van der Waals surface area contributed by atoms with Crippen LogP contribution in [0.15, 0.2) is 22.9 Å². The molecule has 0 atom stereocenters. The number of rotatable bonds is 2. The third kappa shape index (κ3) is 2.11. The summed E-state index contributed by atoms with van der Waals surface area (Å²) in [7, 11) is 0. The maximum Gasteiger partial charge on any atom is 0.138 e. The molecule has 0 spiro atoms. The zero-order valence-electron chi connectivity index (χ0n) is 7.53. The van der Waals surface area contributed by atoms with Crippen LogP contribution in [0.1, 0.15) is 9.75 Å². The van der Waals surface area contributed by atoms with E-state index in [1.54, 1.807) is 22.7 Å². The van der Waals surface area contributed by atoms with Crippen LogP contribution < -0.4 is 4.74 Å². The predicted octanol–water partition coefficient (Wildman–Crippen LogP) is 4.22. The van der Waals surface area contributed by atoms with Gasteiger partial charge in [-0.2, -0.15) is 0 Å². The molecule has 13 heavy (non-hydrogen) atoms. The Kier molecular flexibility index (Phi) is 2.38. The summed E-state index contributed by atoms with van der Waals surface area (Å²) in [5.74, 6) is 1.89. The standard InChI is InChI=1S/C10H10OS2/c1-7-3-9(5-12-7)11-10-4-8(2)13-6-10/h3-6H,1-2H3. The third-order valence-corrected chi connectivity index (χ3v) is 3.33. The van der Waals surface area contributed by atoms with E-state index < -0.39 is 0 Å². The van der Waals surface area contributed by atoms with E-state index in [2.05, 4.69) is 26.0 Å². The Labute approximate surface area is 85.6 Å². The van der Waals surface area contributed by atoms with Gasteiger partial charge in [-0.05, 0) is 26.0 Å². The average molecular weight is 210 g/mol. The molecule has 0 saturated heterocycles. The lowest BCUT2D eigenvalue weighted by molar-refractivity contribution is 0.487. The molecule has 2 rings (SSSR count). The summed E-state index contributed by atoms with van der Waals surface area (Å²) in [6.07, 6.45) is 0. The zero-order chi connectivity index (χ0) is 9.26. The smallest absolute Gasteiger partial charge is 0.138 e. The molecule has 68 valence electrons. The largest absolute Gasteiger partial charge is 0.456 e. The van der Waals surface area contributed by atoms with Crippen LogP contribution in [0.2, 0.25) is 0 Å². The fourth-order valence-electron chi connectivity index (χ4n) is 1.08. The molecule has 0 amide bonds. The average Bonchev–Trinajstić information content (AvgIpc) is 2.62. The van der Waals surface area contributed by atoms with Gasteiger partial charge >= 0.3 is 0 Å². The molecule has 0 aromatic carbocycles. The molecule has 0 fully saturated rings. The van der Waals surface area contributed by atoms with E-state index >= 15 is 0 Å². The number of thiophene rings is 2. The Morgan fingerprint density at radius 2 is 1.38 bits per heavy atom. The van der Waals surface area contributed by atoms with E-state index in [1.807, 2.05) is 10.8 Å². The van der Waals surface area contributed by atoms with Crippen LogP contribution in [0.5, 0.6) is 11.5 Å². The highest BCUT2D eigenvalue weighted by atomic mass is 32.1. The van der Waals surface area contributed by atoms with E-state index in [-0.39, 0.29) is 0 Å². The fourth-order valence-corrected chi connectivity index (χ4v) is 2.29. The third-order valence-electron chi connectivity index (χ3n) is 1.65. The number of ether oxygens (including phenoxy) is 1. The number of aryl methyl sites for hydroxylation is 2. The molecule has 3 heteroatoms. The van der Waals surface area contributed by atoms with Crippen LogP contribution >= 0.6 is 22.7 Å². The molecular weight excluding hydrogens is 200 g/mol. The van der Waals surface area contributed by atoms with Gasteiger partial charge in [0.2, 0.25) is 0 Å². The molecule has 2 aromatic rings. The molecule has 0 saturated carbocycles. The van der Waals surface area contributed by atoms with E-state index in [9.17, 15) is 0 Å². The normalized spacial score (nSPS) is 10.3. The van der Waals surface area contributed by atoms with Gasteiger partial charge in [-0.1, -0.05) is 0 Å². The van der Waals surface area contributed by atoms with Gasteiger partial charge in [-0.3, -0.25) is 0 Å². The minimum absolute atomic E-state index is 0.945. The first-order valence-electron chi connectivity index (χ1n) is 4.02. The van der Waals surface area contributed by atoms with Gasteiger partial charge in [0.25, 0.3) is 0 Å². The van der Waals surface area contributed by atoms with E-state index in [1.165, 1.54) is 9.75 Å². The Morgan fingerprint density at radius 3 is 1.69 bits per heavy atom. The molecule has 0 unspecified atom stereocenters. The van der Waals surface area contributed by atoms with Crippen LogP contribution in [0, 0.1) is 13.8 Å². The van der Waals surface area contributed by atoms with Crippen molar-refractivity contribution < 1.29 is 4.74 Å². The van der Waals surface area contributed by atoms with E-state index in [4.69, 9.17) is 4.74 Å². The van der Waals surface area contributed by atoms with Crippen molar-refractivity contribution in [2.24, 2.45) is 0 Å². The first-order valence-corrected chi connectivity index (χ1v) is 5.78. The van der Waals surface area contributed by atoms with E-state index in [0.29, 0.717) is 0 Å². The maximum atomic E-state index is 5.64. The highest BCUT2D eigenvalue weighted by molar-refractivity contribution is 7.10. The SMILES string of the molecule is Cc1cc(Oc2csc(C)c2)cs1. The summed E-state index contributed by atoms with van der Waals surface area (Å²) in [6, 6.07) is 4.11. The Bertz CT molecular complexity index is 362. The molecule has 0 bridgehead atoms. The monoisotopic (exact) mass is 210 g/mol. The topological polar surface area (TPSA) is 9.23 Å². The van der Waals surface area contributed by atoms with Gasteiger partial charge in [0.1, 0.15) is 11.5 Å². The first-order chi connectivity index (χ1) is 6.24. The highest BCUT2D eigenvalue weighted by Gasteiger charge is 2.00. The number of hydrogen-bond donors (Lipinski definition) is 0. The van der Waals surface area contributed by atoms with Crippen molar-refractivity contribution in [2.45, 2.75) is 13.8 Å². The lowest BCUT2D eigenvalue weighted by Crippen LogP contribution is -1.76. The molecule has 2 heterocycles. The first kappa shape index (κ1) is 8.78. The minimum atomic E-state index is 0.945. The van der Waals surface area contributed by atoms with Crippen LogP contribution in [-0.2, 0) is 0 Å². The van der Waals surface area contributed by atoms with Crippen molar-refractivity contribution >= 4 is 22.7 Å². The molecular formula is C10H10OS2. The van der Waals surface area contributed by atoms with Crippen LogP contribution in [-0.4, -0.2) is 0 Å². The lowest BCUT2D eigenvalue weighted by Gasteiger charge is -1.97. The summed E-state index contributed by atoms with van der Waals surface area (Å²) in [6.45, 7) is 4.16. The van der Waals surface area contributed by atoms with Crippen LogP contribution in [0.25, 0.3) is 0 Å². The lowest BCUT2D eigenvalue weighted by atomic mass is 10.4. The molecule has 0 aliphatic rings. The summed E-state index contributed by atoms with van der Waals surface area (Å²) >= 11 is 3.42. The van der Waals surface area contributed by atoms with E-state index in [0.717, 1.165) is 11.5 Å². The van der Waals surface area contributed by atoms with Crippen molar-refractivity contribution in [3.05, 3.63) is 32.6 Å². The van der Waals surface area contributed by atoms with Crippen LogP contribution in [0.4, 0.5) is 0 Å². The van der Waals surface area contributed by atoms with Gasteiger partial charge in [0.05, 0.1) is 0 Å². The fraction of sp³-hybridized carbons (Fsp3) is 0.200. The second kappa shape index (κ2) is 3.52. The Balaban J connectivity index is 2.14. The Hall–Kier alpha value is -0.800. The minimum Gasteiger partial charge on any atom is -0.456 e. The zero-order valence-corrected chi connectivity index (χ0v) is 9.17. The summed E-state index contributed by atoms with van der Waals surface area (Å²) in [5, 5.41) is 4.06. The molecule has 0 N–H and O–H groups in total. The second-order valence-corrected chi connectivity index (χ2v) is 5.12. The second-order valence-electron chi connectivity index (χ2n) is 2.89. The molecule has 0 aliphatic heterocycles. The molecule has 1 nitrogen and oxygen atoms in total. The quantitative estimate of drug-likeness (QED) is 0.721. The maximum absolute atomic E-state index is 5.64. The van der Waals surface area contributed by atoms with Gasteiger partial charge < -0.3 is 4.74 Å². The predicted molar refractivity (Wildman–Crippen MR) is 58.2 cm³/mol. The molecule has 0 aliphatic carbocycles. The van der Waals surface area contributed by atoms with Crippen molar-refractivity contribution in [1.29, 1.82) is 0 Å². The van der Waals surface area contributed by atoms with Gasteiger partial charge in [0.15, 0.2) is 0 Å². The highest BCUT2D eigenvalue weighted by Crippen LogP contribution is 2.29. The summed E-state index contributed by atoms with van der Waals surface area (Å²) < 4.78 is 5.64. The molecule has 2 aromatic heterocycles. The summed E-state index contributed by atoms with van der Waals surface area (Å²) in [5.41, 5.74) is 0. The van der Waals surface area contributed by atoms with Gasteiger partial charge in [-0.15, -0.1) is 22.7 Å². The Morgan fingerprint density at radius 1 is 0.923 bits per heavy atom. The van der Waals surface area contributed by atoms with Gasteiger partial charge in [-0.25, -0.2) is 0 Å². The van der Waals surface area contributed by atoms with Gasteiger partial charge in [0, 0.05) is 20.5 Å². The summed E-state index contributed by atoms with van der Waals surface area (Å²) in [4.78, 5) is 2.56. The number of hydrogen-bond acceptors (Lipinski definition) is 3. The van der Waals surface area contributed by atoms with Crippen molar-refractivity contribution in [3.8, 4) is 11.5 Å². The van der Waals surface area contributed by atoms with Crippen LogP contribution in [0.3, 0.4) is 0 Å². The van der Waals surface area contributed by atoms with Crippen molar-refractivity contribution in [3.63, 3.8) is 0 Å². The van der Waals surface area contributed by atoms with Crippen molar-refractivity contribution in [2.75, 3.05) is 0 Å².